The fourth-order valence-electron chi connectivity index (χ4n) is 2.68. The fourth-order valence-corrected chi connectivity index (χ4v) is 2.68. The summed E-state index contributed by atoms with van der Waals surface area (Å²) in [5.74, 6) is -0.297. The minimum absolute atomic E-state index is 0.297. The zero-order valence-electron chi connectivity index (χ0n) is 14.6. The van der Waals surface area contributed by atoms with E-state index in [0.717, 1.165) is 11.3 Å². The number of nitrogens with zero attached hydrogens (tertiary/aromatic N) is 2. The van der Waals surface area contributed by atoms with Crippen molar-refractivity contribution in [2.24, 2.45) is 0 Å². The number of benzene rings is 1. The molecule has 2 aromatic rings. The minimum atomic E-state index is -0.554. The van der Waals surface area contributed by atoms with Crippen LogP contribution < -0.4 is 5.32 Å². The monoisotopic (exact) mass is 342 g/mol. The Morgan fingerprint density at radius 3 is 2.64 bits per heavy atom. The van der Waals surface area contributed by atoms with E-state index in [4.69, 9.17) is 4.74 Å². The van der Waals surface area contributed by atoms with Gasteiger partial charge in [0.25, 0.3) is 5.91 Å². The molecular weight excluding hydrogens is 320 g/mol. The average Bonchev–Trinajstić information content (AvgIpc) is 2.97. The summed E-state index contributed by atoms with van der Waals surface area (Å²) in [6.07, 6.45) is 0.231. The maximum absolute atomic E-state index is 12.5. The summed E-state index contributed by atoms with van der Waals surface area (Å²) < 4.78 is 5.42. The molecule has 7 nitrogen and oxygen atoms in total. The van der Waals surface area contributed by atoms with E-state index in [1.807, 2.05) is 51.1 Å². The molecule has 1 aromatic carbocycles. The van der Waals surface area contributed by atoms with Gasteiger partial charge in [-0.2, -0.15) is 5.10 Å². The van der Waals surface area contributed by atoms with Gasteiger partial charge < -0.3 is 15.0 Å². The fraction of sp³-hybridized carbons (Fsp3) is 0.389. The number of aromatic amines is 1. The van der Waals surface area contributed by atoms with Crippen molar-refractivity contribution in [3.63, 3.8) is 0 Å². The molecule has 0 atom stereocenters. The molecule has 2 amide bonds. The van der Waals surface area contributed by atoms with Crippen LogP contribution in [0, 0.1) is 0 Å². The summed E-state index contributed by atoms with van der Waals surface area (Å²) in [5.41, 5.74) is 2.08. The van der Waals surface area contributed by atoms with Crippen molar-refractivity contribution < 1.29 is 14.3 Å². The highest BCUT2D eigenvalue weighted by atomic mass is 16.6. The van der Waals surface area contributed by atoms with Crippen molar-refractivity contribution in [2.45, 2.75) is 39.3 Å². The van der Waals surface area contributed by atoms with Crippen molar-refractivity contribution in [3.05, 3.63) is 47.3 Å². The number of amides is 2. The Kier molecular flexibility index (Phi) is 4.48. The number of hydrogen-bond acceptors (Lipinski definition) is 4. The van der Waals surface area contributed by atoms with Crippen LogP contribution in [0.4, 0.5) is 10.5 Å². The Hall–Kier alpha value is -2.83. The first-order valence-corrected chi connectivity index (χ1v) is 8.24. The molecule has 0 radical (unpaired) electrons. The second-order valence-corrected chi connectivity index (χ2v) is 7.00. The van der Waals surface area contributed by atoms with Crippen molar-refractivity contribution in [1.29, 1.82) is 0 Å². The van der Waals surface area contributed by atoms with E-state index in [0.29, 0.717) is 30.9 Å². The smallest absolute Gasteiger partial charge is 0.410 e. The predicted molar refractivity (Wildman–Crippen MR) is 93.3 cm³/mol. The summed E-state index contributed by atoms with van der Waals surface area (Å²) in [4.78, 5) is 26.4. The molecule has 0 saturated carbocycles. The maximum Gasteiger partial charge on any atom is 0.410 e. The van der Waals surface area contributed by atoms with Crippen LogP contribution in [-0.4, -0.2) is 39.2 Å². The molecule has 0 spiro atoms. The van der Waals surface area contributed by atoms with Gasteiger partial charge >= 0.3 is 6.09 Å². The van der Waals surface area contributed by atoms with Crippen molar-refractivity contribution in [2.75, 3.05) is 11.9 Å². The molecule has 132 valence electrons. The number of fused-ring (bicyclic) bond motifs is 1. The van der Waals surface area contributed by atoms with Gasteiger partial charge in [0.15, 0.2) is 5.69 Å². The standard InChI is InChI=1S/C18H22N4O3/c1-18(2,3)25-17(24)22-10-9-14-13(11-22)15(21-20-14)16(23)19-12-7-5-4-6-8-12/h4-8H,9-11H2,1-3H3,(H,19,23)(H,20,21). The van der Waals surface area contributed by atoms with E-state index in [1.165, 1.54) is 0 Å². The quantitative estimate of drug-likeness (QED) is 0.878. The molecular formula is C18H22N4O3. The summed E-state index contributed by atoms with van der Waals surface area (Å²) in [6, 6.07) is 9.19. The number of carbonyl (C=O) groups is 2. The molecule has 1 aromatic heterocycles. The third kappa shape index (κ3) is 3.99. The zero-order valence-corrected chi connectivity index (χ0v) is 14.6. The Morgan fingerprint density at radius 1 is 1.24 bits per heavy atom. The number of aromatic nitrogens is 2. The van der Waals surface area contributed by atoms with Gasteiger partial charge in [-0.3, -0.25) is 9.89 Å². The largest absolute Gasteiger partial charge is 0.444 e. The molecule has 25 heavy (non-hydrogen) atoms. The Labute approximate surface area is 146 Å². The second kappa shape index (κ2) is 6.58. The van der Waals surface area contributed by atoms with Crippen LogP contribution >= 0.6 is 0 Å². The highest BCUT2D eigenvalue weighted by molar-refractivity contribution is 6.04. The number of H-pyrrole nitrogens is 1. The van der Waals surface area contributed by atoms with Crippen LogP contribution in [0.2, 0.25) is 0 Å². The topological polar surface area (TPSA) is 87.3 Å². The molecule has 0 unspecified atom stereocenters. The number of hydrogen-bond donors (Lipinski definition) is 2. The summed E-state index contributed by atoms with van der Waals surface area (Å²) >= 11 is 0. The van der Waals surface area contributed by atoms with Gasteiger partial charge in [-0.15, -0.1) is 0 Å². The van der Waals surface area contributed by atoms with Gasteiger partial charge in [-0.25, -0.2) is 4.79 Å². The van der Waals surface area contributed by atoms with Gasteiger partial charge in [0.05, 0.1) is 6.54 Å². The maximum atomic E-state index is 12.5. The molecule has 0 saturated heterocycles. The molecule has 2 N–H and O–H groups in total. The number of carbonyl (C=O) groups excluding carboxylic acids is 2. The number of nitrogens with one attached hydrogen (secondary N) is 2. The lowest BCUT2D eigenvalue weighted by molar-refractivity contribution is 0.0222. The highest BCUT2D eigenvalue weighted by Gasteiger charge is 2.30. The lowest BCUT2D eigenvalue weighted by Gasteiger charge is -2.30. The summed E-state index contributed by atoms with van der Waals surface area (Å²) in [5, 5.41) is 9.88. The molecule has 1 aliphatic heterocycles. The first-order chi connectivity index (χ1) is 11.8. The molecule has 7 heteroatoms. The van der Waals surface area contributed by atoms with E-state index < -0.39 is 5.60 Å². The van der Waals surface area contributed by atoms with Gasteiger partial charge in [-0.05, 0) is 32.9 Å². The molecule has 0 bridgehead atoms. The second-order valence-electron chi connectivity index (χ2n) is 7.00. The lowest BCUT2D eigenvalue weighted by Crippen LogP contribution is -2.40. The van der Waals surface area contributed by atoms with Crippen molar-refractivity contribution >= 4 is 17.7 Å². The number of ether oxygens (including phenoxy) is 1. The number of rotatable bonds is 2. The van der Waals surface area contributed by atoms with Crippen LogP contribution in [0.25, 0.3) is 0 Å². The van der Waals surface area contributed by atoms with Gasteiger partial charge in [0, 0.05) is 29.9 Å². The van der Waals surface area contributed by atoms with E-state index in [2.05, 4.69) is 15.5 Å². The van der Waals surface area contributed by atoms with E-state index >= 15 is 0 Å². The molecule has 0 fully saturated rings. The van der Waals surface area contributed by atoms with Crippen LogP contribution in [0.5, 0.6) is 0 Å². The number of anilines is 1. The van der Waals surface area contributed by atoms with Crippen LogP contribution in [0.1, 0.15) is 42.5 Å². The van der Waals surface area contributed by atoms with Crippen molar-refractivity contribution in [1.82, 2.24) is 15.1 Å². The van der Waals surface area contributed by atoms with E-state index in [9.17, 15) is 9.59 Å². The van der Waals surface area contributed by atoms with E-state index in [1.54, 1.807) is 4.90 Å². The summed E-state index contributed by atoms with van der Waals surface area (Å²) in [7, 11) is 0. The summed E-state index contributed by atoms with van der Waals surface area (Å²) in [6.45, 7) is 6.33. The van der Waals surface area contributed by atoms with Gasteiger partial charge in [0.1, 0.15) is 5.60 Å². The SMILES string of the molecule is CC(C)(C)OC(=O)N1CCc2[nH]nc(C(=O)Nc3ccccc3)c2C1. The van der Waals surface area contributed by atoms with E-state index in [-0.39, 0.29) is 12.0 Å². The van der Waals surface area contributed by atoms with Crippen molar-refractivity contribution in [3.8, 4) is 0 Å². The zero-order chi connectivity index (χ0) is 18.0. The lowest BCUT2D eigenvalue weighted by atomic mass is 10.1. The first-order valence-electron chi connectivity index (χ1n) is 8.24. The molecule has 3 rings (SSSR count). The van der Waals surface area contributed by atoms with Crippen LogP contribution in [-0.2, 0) is 17.7 Å². The van der Waals surface area contributed by atoms with Gasteiger partial charge in [-0.1, -0.05) is 18.2 Å². The normalized spacial score (nSPS) is 14.0. The Morgan fingerprint density at radius 2 is 1.96 bits per heavy atom. The molecule has 2 heterocycles. The minimum Gasteiger partial charge on any atom is -0.444 e. The molecule has 1 aliphatic rings. The predicted octanol–water partition coefficient (Wildman–Crippen LogP) is 2.96. The number of para-hydroxylation sites is 1. The molecule has 0 aliphatic carbocycles. The average molecular weight is 342 g/mol. The Balaban J connectivity index is 1.75. The third-order valence-electron chi connectivity index (χ3n) is 3.83. The van der Waals surface area contributed by atoms with Gasteiger partial charge in [0.2, 0.25) is 0 Å². The highest BCUT2D eigenvalue weighted by Crippen LogP contribution is 2.23. The van der Waals surface area contributed by atoms with Crippen LogP contribution in [0.15, 0.2) is 30.3 Å². The first kappa shape index (κ1) is 17.0. The van der Waals surface area contributed by atoms with Crippen LogP contribution in [0.3, 0.4) is 0 Å². The Bertz CT molecular complexity index is 777. The third-order valence-corrected chi connectivity index (χ3v) is 3.83.